The molecule has 0 aliphatic heterocycles. The molecule has 0 aromatic heterocycles. The summed E-state index contributed by atoms with van der Waals surface area (Å²) >= 11 is 0. The van der Waals surface area contributed by atoms with Gasteiger partial charge in [0.1, 0.15) is 12.4 Å². The number of anilines is 1. The predicted molar refractivity (Wildman–Crippen MR) is 73.1 cm³/mol. The highest BCUT2D eigenvalue weighted by Gasteiger charge is 2.12. The quantitative estimate of drug-likeness (QED) is 0.745. The molecule has 1 rings (SSSR count). The number of aliphatic hydroxyl groups is 1. The zero-order chi connectivity index (χ0) is 13.4. The summed E-state index contributed by atoms with van der Waals surface area (Å²) in [4.78, 5) is 0. The first-order chi connectivity index (χ1) is 8.67. The lowest BCUT2D eigenvalue weighted by Gasteiger charge is -2.22. The highest BCUT2D eigenvalue weighted by molar-refractivity contribution is 5.47. The van der Waals surface area contributed by atoms with Crippen LogP contribution < -0.4 is 10.1 Å². The molecule has 0 bridgehead atoms. The van der Waals surface area contributed by atoms with Gasteiger partial charge in [-0.15, -0.1) is 0 Å². The fraction of sp³-hybridized carbons (Fsp3) is 0.571. The van der Waals surface area contributed by atoms with Gasteiger partial charge in [-0.1, -0.05) is 13.8 Å². The Labute approximate surface area is 109 Å². The summed E-state index contributed by atoms with van der Waals surface area (Å²) < 4.78 is 10.5. The minimum atomic E-state index is 0.0310. The van der Waals surface area contributed by atoms with E-state index in [-0.39, 0.29) is 6.61 Å². The van der Waals surface area contributed by atoms with Crippen LogP contribution in [0.2, 0.25) is 0 Å². The first kappa shape index (κ1) is 14.8. The minimum Gasteiger partial charge on any atom is -0.491 e. The molecule has 1 aromatic rings. The number of hydrogen-bond acceptors (Lipinski definition) is 4. The summed E-state index contributed by atoms with van der Waals surface area (Å²) in [6, 6.07) is 8.01. The van der Waals surface area contributed by atoms with Gasteiger partial charge < -0.3 is 19.9 Å². The van der Waals surface area contributed by atoms with E-state index in [0.717, 1.165) is 11.4 Å². The van der Waals surface area contributed by atoms with E-state index in [4.69, 9.17) is 14.6 Å². The zero-order valence-electron chi connectivity index (χ0n) is 11.3. The van der Waals surface area contributed by atoms with Crippen LogP contribution in [0.1, 0.15) is 13.8 Å². The Morgan fingerprint density at radius 3 is 2.39 bits per heavy atom. The summed E-state index contributed by atoms with van der Waals surface area (Å²) in [7, 11) is 1.71. The van der Waals surface area contributed by atoms with E-state index in [0.29, 0.717) is 25.2 Å². The van der Waals surface area contributed by atoms with E-state index < -0.39 is 0 Å². The summed E-state index contributed by atoms with van der Waals surface area (Å²) in [6.45, 7) is 5.36. The van der Waals surface area contributed by atoms with Crippen LogP contribution in [0.25, 0.3) is 0 Å². The van der Waals surface area contributed by atoms with Gasteiger partial charge in [0.2, 0.25) is 0 Å². The highest BCUT2D eigenvalue weighted by atomic mass is 16.5. The number of aliphatic hydroxyl groups excluding tert-OH is 1. The van der Waals surface area contributed by atoms with Gasteiger partial charge in [-0.05, 0) is 30.2 Å². The molecule has 0 amide bonds. The van der Waals surface area contributed by atoms with Crippen molar-refractivity contribution in [2.75, 3.05) is 32.2 Å². The van der Waals surface area contributed by atoms with Crippen molar-refractivity contribution in [3.05, 3.63) is 24.3 Å². The average Bonchev–Trinajstić information content (AvgIpc) is 2.37. The molecule has 1 unspecified atom stereocenters. The molecule has 0 heterocycles. The van der Waals surface area contributed by atoms with Gasteiger partial charge in [0.25, 0.3) is 0 Å². The van der Waals surface area contributed by atoms with Crippen molar-refractivity contribution in [1.82, 2.24) is 0 Å². The summed E-state index contributed by atoms with van der Waals surface area (Å²) in [5.74, 6) is 1.26. The molecule has 102 valence electrons. The van der Waals surface area contributed by atoms with Crippen LogP contribution in [-0.4, -0.2) is 38.1 Å². The Hall–Kier alpha value is -1.26. The lowest BCUT2D eigenvalue weighted by atomic mass is 10.1. The lowest BCUT2D eigenvalue weighted by molar-refractivity contribution is 0.171. The van der Waals surface area contributed by atoms with Crippen molar-refractivity contribution >= 4 is 5.69 Å². The number of nitrogens with one attached hydrogen (secondary N) is 1. The molecule has 18 heavy (non-hydrogen) atoms. The topological polar surface area (TPSA) is 50.7 Å². The molecule has 0 fully saturated rings. The van der Waals surface area contributed by atoms with Crippen LogP contribution in [0.4, 0.5) is 5.69 Å². The van der Waals surface area contributed by atoms with Crippen LogP contribution in [0.5, 0.6) is 5.75 Å². The molecule has 0 aliphatic carbocycles. The van der Waals surface area contributed by atoms with Crippen LogP contribution in [0.15, 0.2) is 24.3 Å². The Kier molecular flexibility index (Phi) is 6.54. The Morgan fingerprint density at radius 1 is 1.22 bits per heavy atom. The molecule has 0 spiro atoms. The monoisotopic (exact) mass is 253 g/mol. The van der Waals surface area contributed by atoms with Crippen molar-refractivity contribution in [3.63, 3.8) is 0 Å². The second kappa shape index (κ2) is 7.95. The summed E-state index contributed by atoms with van der Waals surface area (Å²) in [6.07, 6.45) is 0. The third-order valence-corrected chi connectivity index (χ3v) is 2.72. The molecule has 4 heteroatoms. The van der Waals surface area contributed by atoms with Gasteiger partial charge in [0.05, 0.1) is 19.3 Å². The number of methoxy groups -OCH3 is 1. The zero-order valence-corrected chi connectivity index (χ0v) is 11.3. The smallest absolute Gasteiger partial charge is 0.119 e. The van der Waals surface area contributed by atoms with Crippen molar-refractivity contribution in [3.8, 4) is 5.75 Å². The lowest BCUT2D eigenvalue weighted by Crippen LogP contribution is -2.30. The van der Waals surface area contributed by atoms with Gasteiger partial charge in [-0.25, -0.2) is 0 Å². The van der Waals surface area contributed by atoms with Crippen molar-refractivity contribution in [2.24, 2.45) is 5.92 Å². The molecule has 0 saturated carbocycles. The van der Waals surface area contributed by atoms with Gasteiger partial charge in [0.15, 0.2) is 0 Å². The molecule has 1 aromatic carbocycles. The number of hydrogen-bond donors (Lipinski definition) is 2. The molecular weight excluding hydrogens is 230 g/mol. The van der Waals surface area contributed by atoms with Crippen molar-refractivity contribution < 1.29 is 14.6 Å². The average molecular weight is 253 g/mol. The standard InChI is InChI=1S/C14H23NO3/c1-11(2)14(10-17-3)15-12-4-6-13(7-5-12)18-9-8-16/h4-7,11,14-16H,8-10H2,1-3H3. The van der Waals surface area contributed by atoms with Crippen molar-refractivity contribution in [2.45, 2.75) is 19.9 Å². The van der Waals surface area contributed by atoms with Crippen LogP contribution in [0, 0.1) is 5.92 Å². The number of rotatable bonds is 8. The maximum Gasteiger partial charge on any atom is 0.119 e. The fourth-order valence-corrected chi connectivity index (χ4v) is 1.61. The summed E-state index contributed by atoms with van der Waals surface area (Å²) in [5.41, 5.74) is 1.04. The maximum absolute atomic E-state index is 8.67. The van der Waals surface area contributed by atoms with Crippen LogP contribution >= 0.6 is 0 Å². The van der Waals surface area contributed by atoms with Crippen molar-refractivity contribution in [1.29, 1.82) is 0 Å². The van der Waals surface area contributed by atoms with E-state index in [1.54, 1.807) is 7.11 Å². The largest absolute Gasteiger partial charge is 0.491 e. The fourth-order valence-electron chi connectivity index (χ4n) is 1.61. The van der Waals surface area contributed by atoms with E-state index in [1.807, 2.05) is 24.3 Å². The normalized spacial score (nSPS) is 12.5. The van der Waals surface area contributed by atoms with Gasteiger partial charge >= 0.3 is 0 Å². The molecular formula is C14H23NO3. The second-order valence-corrected chi connectivity index (χ2v) is 4.55. The van der Waals surface area contributed by atoms with E-state index in [1.165, 1.54) is 0 Å². The summed E-state index contributed by atoms with van der Waals surface area (Å²) in [5, 5.41) is 12.1. The van der Waals surface area contributed by atoms with E-state index in [9.17, 15) is 0 Å². The molecule has 4 nitrogen and oxygen atoms in total. The van der Waals surface area contributed by atoms with Crippen LogP contribution in [-0.2, 0) is 4.74 Å². The molecule has 0 saturated heterocycles. The Morgan fingerprint density at radius 2 is 1.89 bits per heavy atom. The SMILES string of the molecule is COCC(Nc1ccc(OCCO)cc1)C(C)C. The third kappa shape index (κ3) is 4.94. The van der Waals surface area contributed by atoms with E-state index >= 15 is 0 Å². The predicted octanol–water partition coefficient (Wildman–Crippen LogP) is 2.14. The maximum atomic E-state index is 8.67. The molecule has 0 radical (unpaired) electrons. The van der Waals surface area contributed by atoms with Gasteiger partial charge in [0, 0.05) is 12.8 Å². The third-order valence-electron chi connectivity index (χ3n) is 2.72. The first-order valence-electron chi connectivity index (χ1n) is 6.26. The van der Waals surface area contributed by atoms with Gasteiger partial charge in [-0.3, -0.25) is 0 Å². The molecule has 2 N–H and O–H groups in total. The number of ether oxygens (including phenoxy) is 2. The van der Waals surface area contributed by atoms with Crippen LogP contribution in [0.3, 0.4) is 0 Å². The Bertz CT molecular complexity index is 324. The number of benzene rings is 1. The van der Waals surface area contributed by atoms with E-state index in [2.05, 4.69) is 19.2 Å². The van der Waals surface area contributed by atoms with Gasteiger partial charge in [-0.2, -0.15) is 0 Å². The molecule has 0 aliphatic rings. The molecule has 1 atom stereocenters. The highest BCUT2D eigenvalue weighted by Crippen LogP contribution is 2.18. The minimum absolute atomic E-state index is 0.0310. The second-order valence-electron chi connectivity index (χ2n) is 4.55. The Balaban J connectivity index is 2.55. The first-order valence-corrected chi connectivity index (χ1v) is 6.26.